The summed E-state index contributed by atoms with van der Waals surface area (Å²) < 4.78 is 16.4. The van der Waals surface area contributed by atoms with Gasteiger partial charge in [0.25, 0.3) is 0 Å². The van der Waals surface area contributed by atoms with Crippen LogP contribution in [0.2, 0.25) is 0 Å². The molecule has 0 aromatic heterocycles. The Labute approximate surface area is 158 Å². The van der Waals surface area contributed by atoms with Crippen LogP contribution in [0, 0.1) is 0 Å². The molecule has 0 bridgehead atoms. The molecular formula is C20H35N3O3. The quantitative estimate of drug-likeness (QED) is 0.301. The fourth-order valence-corrected chi connectivity index (χ4v) is 2.19. The topological polar surface area (TPSA) is 64.1 Å². The average molecular weight is 366 g/mol. The second-order valence-electron chi connectivity index (χ2n) is 5.88. The number of nitrogens with one attached hydrogen (secondary N) is 2. The van der Waals surface area contributed by atoms with Crippen molar-refractivity contribution >= 4 is 5.96 Å². The summed E-state index contributed by atoms with van der Waals surface area (Å²) >= 11 is 0. The van der Waals surface area contributed by atoms with Crippen LogP contribution in [0.25, 0.3) is 0 Å². The summed E-state index contributed by atoms with van der Waals surface area (Å²) in [7, 11) is 1.77. The Bertz CT molecular complexity index is 478. The van der Waals surface area contributed by atoms with Gasteiger partial charge in [-0.3, -0.25) is 4.99 Å². The van der Waals surface area contributed by atoms with Gasteiger partial charge >= 0.3 is 0 Å². The fraction of sp³-hybridized carbons (Fsp3) is 0.650. The third-order valence-corrected chi connectivity index (χ3v) is 3.73. The van der Waals surface area contributed by atoms with Crippen LogP contribution in [0.3, 0.4) is 0 Å². The number of hydrogen-bond acceptors (Lipinski definition) is 4. The maximum Gasteiger partial charge on any atom is 0.191 e. The van der Waals surface area contributed by atoms with E-state index in [0.717, 1.165) is 38.6 Å². The number of nitrogens with zero attached hydrogens (tertiary/aromatic N) is 1. The van der Waals surface area contributed by atoms with Crippen molar-refractivity contribution in [1.29, 1.82) is 0 Å². The normalized spacial score (nSPS) is 11.6. The maximum absolute atomic E-state index is 5.53. The molecule has 6 nitrogen and oxygen atoms in total. The van der Waals surface area contributed by atoms with E-state index in [4.69, 9.17) is 14.2 Å². The number of guanidine groups is 1. The molecule has 2 N–H and O–H groups in total. The zero-order chi connectivity index (χ0) is 18.9. The third kappa shape index (κ3) is 11.1. The lowest BCUT2D eigenvalue weighted by atomic mass is 10.1. The van der Waals surface area contributed by atoms with Crippen LogP contribution in [0.4, 0.5) is 0 Å². The Morgan fingerprint density at radius 1 is 0.885 bits per heavy atom. The summed E-state index contributed by atoms with van der Waals surface area (Å²) in [6.07, 6.45) is 2.27. The Morgan fingerprint density at radius 3 is 2.23 bits per heavy atom. The summed E-state index contributed by atoms with van der Waals surface area (Å²) in [4.78, 5) is 4.22. The van der Waals surface area contributed by atoms with Gasteiger partial charge in [-0.2, -0.15) is 0 Å². The van der Waals surface area contributed by atoms with Crippen LogP contribution >= 0.6 is 0 Å². The number of unbranched alkanes of at least 4 members (excludes halogenated alkanes) is 1. The molecule has 1 aromatic rings. The second kappa shape index (κ2) is 15.6. The van der Waals surface area contributed by atoms with Crippen LogP contribution < -0.4 is 10.6 Å². The molecular weight excluding hydrogens is 330 g/mol. The van der Waals surface area contributed by atoms with E-state index >= 15 is 0 Å². The zero-order valence-electron chi connectivity index (χ0n) is 16.6. The van der Waals surface area contributed by atoms with E-state index in [1.165, 1.54) is 11.1 Å². The number of rotatable bonds is 14. The van der Waals surface area contributed by atoms with Crippen molar-refractivity contribution in [1.82, 2.24) is 10.6 Å². The molecule has 0 aliphatic carbocycles. The van der Waals surface area contributed by atoms with Crippen LogP contribution in [0.5, 0.6) is 0 Å². The van der Waals surface area contributed by atoms with Gasteiger partial charge in [-0.15, -0.1) is 0 Å². The highest BCUT2D eigenvalue weighted by Gasteiger charge is 1.99. The monoisotopic (exact) mass is 365 g/mol. The van der Waals surface area contributed by atoms with E-state index < -0.39 is 0 Å². The number of aliphatic imine (C=N–C) groups is 1. The first-order valence-electron chi connectivity index (χ1n) is 9.55. The van der Waals surface area contributed by atoms with Gasteiger partial charge in [0.15, 0.2) is 5.96 Å². The molecule has 0 radical (unpaired) electrons. The van der Waals surface area contributed by atoms with E-state index in [2.05, 4.69) is 46.8 Å². The van der Waals surface area contributed by atoms with Crippen molar-refractivity contribution in [3.63, 3.8) is 0 Å². The lowest BCUT2D eigenvalue weighted by Gasteiger charge is -2.12. The molecule has 26 heavy (non-hydrogen) atoms. The van der Waals surface area contributed by atoms with Gasteiger partial charge in [0.2, 0.25) is 0 Å². The molecule has 148 valence electrons. The van der Waals surface area contributed by atoms with E-state index in [-0.39, 0.29) is 0 Å². The molecule has 0 fully saturated rings. The molecule has 0 aliphatic heterocycles. The average Bonchev–Trinajstić information content (AvgIpc) is 2.68. The predicted octanol–water partition coefficient (Wildman–Crippen LogP) is 2.72. The molecule has 0 saturated heterocycles. The lowest BCUT2D eigenvalue weighted by molar-refractivity contribution is 0.0487. The van der Waals surface area contributed by atoms with E-state index in [0.29, 0.717) is 33.0 Å². The van der Waals surface area contributed by atoms with Crippen molar-refractivity contribution in [2.45, 2.75) is 39.8 Å². The third-order valence-electron chi connectivity index (χ3n) is 3.73. The Kier molecular flexibility index (Phi) is 13.5. The molecule has 0 amide bonds. The van der Waals surface area contributed by atoms with Gasteiger partial charge in [0.05, 0.1) is 26.4 Å². The zero-order valence-corrected chi connectivity index (χ0v) is 16.6. The lowest BCUT2D eigenvalue weighted by Crippen LogP contribution is -2.38. The molecule has 1 aromatic carbocycles. The number of ether oxygens (including phenoxy) is 3. The second-order valence-corrected chi connectivity index (χ2v) is 5.88. The first-order chi connectivity index (χ1) is 12.8. The Morgan fingerprint density at radius 2 is 1.58 bits per heavy atom. The molecule has 0 atom stereocenters. The van der Waals surface area contributed by atoms with Crippen LogP contribution in [0.15, 0.2) is 29.3 Å². The largest absolute Gasteiger partial charge is 0.379 e. The van der Waals surface area contributed by atoms with E-state index in [1.54, 1.807) is 7.05 Å². The van der Waals surface area contributed by atoms with Crippen molar-refractivity contribution in [2.24, 2.45) is 4.99 Å². The van der Waals surface area contributed by atoms with Gasteiger partial charge in [-0.05, 0) is 24.5 Å². The fourth-order valence-electron chi connectivity index (χ4n) is 2.19. The first-order valence-corrected chi connectivity index (χ1v) is 9.55. The van der Waals surface area contributed by atoms with Crippen molar-refractivity contribution < 1.29 is 14.2 Å². The highest BCUT2D eigenvalue weighted by atomic mass is 16.5. The minimum absolute atomic E-state index is 0.629. The van der Waals surface area contributed by atoms with Gasteiger partial charge < -0.3 is 24.8 Å². The predicted molar refractivity (Wildman–Crippen MR) is 107 cm³/mol. The van der Waals surface area contributed by atoms with Crippen molar-refractivity contribution in [3.8, 4) is 0 Å². The molecule has 0 saturated carbocycles. The molecule has 6 heteroatoms. The van der Waals surface area contributed by atoms with Gasteiger partial charge in [0, 0.05) is 33.4 Å². The van der Waals surface area contributed by atoms with Crippen LogP contribution in [-0.2, 0) is 27.4 Å². The van der Waals surface area contributed by atoms with Crippen molar-refractivity contribution in [2.75, 3.05) is 46.6 Å². The smallest absolute Gasteiger partial charge is 0.191 e. The summed E-state index contributed by atoms with van der Waals surface area (Å²) in [5.41, 5.74) is 2.39. The van der Waals surface area contributed by atoms with E-state index in [1.807, 2.05) is 6.92 Å². The van der Waals surface area contributed by atoms with Crippen LogP contribution in [0.1, 0.15) is 37.8 Å². The highest BCUT2D eigenvalue weighted by molar-refractivity contribution is 5.79. The minimum Gasteiger partial charge on any atom is -0.379 e. The number of hydrogen-bond donors (Lipinski definition) is 2. The van der Waals surface area contributed by atoms with Gasteiger partial charge in [-0.25, -0.2) is 0 Å². The van der Waals surface area contributed by atoms with Gasteiger partial charge in [0.1, 0.15) is 0 Å². The Balaban J connectivity index is 2.11. The van der Waals surface area contributed by atoms with Crippen molar-refractivity contribution in [3.05, 3.63) is 35.4 Å². The minimum atomic E-state index is 0.629. The first kappa shape index (κ1) is 22.4. The summed E-state index contributed by atoms with van der Waals surface area (Å²) in [6.45, 7) is 9.73. The maximum atomic E-state index is 5.53. The molecule has 0 heterocycles. The summed E-state index contributed by atoms with van der Waals surface area (Å²) in [5, 5.41) is 6.54. The summed E-state index contributed by atoms with van der Waals surface area (Å²) in [6, 6.07) is 8.41. The molecule has 0 unspecified atom stereocenters. The standard InChI is InChI=1S/C20H35N3O3/c1-4-6-12-25-14-15-26-13-11-22-20(21-3)23-16-18-7-9-19(10-8-18)17-24-5-2/h7-10H,4-6,11-17H2,1-3H3,(H2,21,22,23). The SMILES string of the molecule is CCCCOCCOCCNC(=NC)NCc1ccc(COCC)cc1. The number of benzene rings is 1. The Hall–Kier alpha value is -1.63. The molecule has 0 aliphatic rings. The van der Waals surface area contributed by atoms with E-state index in [9.17, 15) is 0 Å². The molecule has 0 spiro atoms. The summed E-state index contributed by atoms with van der Waals surface area (Å²) in [5.74, 6) is 0.770. The highest BCUT2D eigenvalue weighted by Crippen LogP contribution is 2.05. The molecule has 1 rings (SSSR count). The van der Waals surface area contributed by atoms with Gasteiger partial charge in [-0.1, -0.05) is 37.6 Å². The van der Waals surface area contributed by atoms with Crippen LogP contribution in [-0.4, -0.2) is 52.6 Å².